The van der Waals surface area contributed by atoms with Crippen LogP contribution in [0, 0.1) is 5.21 Å². The van der Waals surface area contributed by atoms with Gasteiger partial charge in [0.25, 0.3) is 0 Å². The largest absolute Gasteiger partial charge is 0.733 e. The Morgan fingerprint density at radius 2 is 1.67 bits per heavy atom. The van der Waals surface area contributed by atoms with E-state index in [1.54, 1.807) is 30.5 Å². The van der Waals surface area contributed by atoms with Crippen LogP contribution in [0.15, 0.2) is 53.5 Å². The van der Waals surface area contributed by atoms with Crippen molar-refractivity contribution < 1.29 is 5.21 Å². The van der Waals surface area contributed by atoms with Gasteiger partial charge in [0, 0.05) is 11.2 Å². The second-order valence-electron chi connectivity index (χ2n) is 3.60. The van der Waals surface area contributed by atoms with Crippen molar-refractivity contribution in [1.82, 2.24) is 0 Å². The normalized spacial score (nSPS) is 10.8. The number of hydrogen-bond donors (Lipinski definition) is 1. The second kappa shape index (κ2) is 5.64. The highest BCUT2D eigenvalue weighted by Gasteiger charge is 1.93. The molecule has 0 aliphatic rings. The summed E-state index contributed by atoms with van der Waals surface area (Å²) in [6.07, 6.45) is 1.69. The van der Waals surface area contributed by atoms with E-state index >= 15 is 0 Å². The van der Waals surface area contributed by atoms with E-state index in [-0.39, 0.29) is 10.9 Å². The molecule has 0 bridgehead atoms. The minimum atomic E-state index is -0.188. The van der Waals surface area contributed by atoms with Gasteiger partial charge in [-0.05, 0) is 42.0 Å². The summed E-state index contributed by atoms with van der Waals surface area (Å²) >= 11 is 5.77. The lowest BCUT2D eigenvalue weighted by atomic mass is 10.2. The summed E-state index contributed by atoms with van der Waals surface area (Å²) in [5.74, 6) is 0. The van der Waals surface area contributed by atoms with Crippen molar-refractivity contribution in [2.75, 3.05) is 5.23 Å². The summed E-state index contributed by atoms with van der Waals surface area (Å²) in [6, 6.07) is 13.5. The number of rotatable bonds is 3. The van der Waals surface area contributed by atoms with Crippen LogP contribution in [0.4, 0.5) is 11.4 Å². The fourth-order valence-electron chi connectivity index (χ4n) is 1.36. The molecule has 0 atom stereocenters. The molecule has 2 rings (SSSR count). The lowest BCUT2D eigenvalue weighted by molar-refractivity contribution is 0.296. The van der Waals surface area contributed by atoms with Gasteiger partial charge in [0.15, 0.2) is 0 Å². The molecule has 0 aromatic heterocycles. The van der Waals surface area contributed by atoms with Gasteiger partial charge in [-0.2, -0.15) is 0 Å². The van der Waals surface area contributed by atoms with Crippen molar-refractivity contribution in [2.45, 2.75) is 0 Å². The molecule has 1 N–H and O–H groups in total. The highest BCUT2D eigenvalue weighted by Crippen LogP contribution is 2.18. The fourth-order valence-corrected chi connectivity index (χ4v) is 1.49. The van der Waals surface area contributed by atoms with Crippen molar-refractivity contribution >= 4 is 29.2 Å². The van der Waals surface area contributed by atoms with E-state index in [9.17, 15) is 5.21 Å². The molecule has 18 heavy (non-hydrogen) atoms. The maximum Gasteiger partial charge on any atom is 0.0631 e. The third-order valence-electron chi connectivity index (χ3n) is 2.30. The van der Waals surface area contributed by atoms with Gasteiger partial charge in [0.05, 0.1) is 11.4 Å². The molecule has 2 aromatic carbocycles. The van der Waals surface area contributed by atoms with Crippen molar-refractivity contribution in [1.29, 1.82) is 0 Å². The highest BCUT2D eigenvalue weighted by atomic mass is 35.5. The van der Waals surface area contributed by atoms with Gasteiger partial charge < -0.3 is 10.4 Å². The van der Waals surface area contributed by atoms with Gasteiger partial charge in [-0.15, -0.1) is 0 Å². The van der Waals surface area contributed by atoms with Crippen molar-refractivity contribution in [3.05, 3.63) is 64.3 Å². The van der Waals surface area contributed by atoms with Gasteiger partial charge in [-0.1, -0.05) is 23.7 Å². The first kappa shape index (κ1) is 12.6. The zero-order chi connectivity index (χ0) is 13.0. The van der Waals surface area contributed by atoms with Gasteiger partial charge in [0.1, 0.15) is 0 Å². The Morgan fingerprint density at radius 1 is 1.06 bits per heavy atom. The number of halogens is 1. The molecular weight excluding hydrogens is 252 g/mol. The number of hydrogen-bond acceptors (Lipinski definition) is 4. The molecule has 0 spiro atoms. The molecular formula is C13H10ClN2O2-. The maximum absolute atomic E-state index is 10.6. The topological polar surface area (TPSA) is 58.9 Å². The molecule has 4 nitrogen and oxygen atoms in total. The molecule has 0 amide bonds. The Kier molecular flexibility index (Phi) is 3.94. The van der Waals surface area contributed by atoms with E-state index in [0.717, 1.165) is 5.56 Å². The van der Waals surface area contributed by atoms with E-state index in [1.165, 1.54) is 12.1 Å². The van der Waals surface area contributed by atoms with Crippen LogP contribution in [0.5, 0.6) is 0 Å². The molecule has 0 saturated heterocycles. The molecule has 2 aromatic rings. The molecule has 0 radical (unpaired) electrons. The zero-order valence-electron chi connectivity index (χ0n) is 9.32. The minimum Gasteiger partial charge on any atom is -0.733 e. The van der Waals surface area contributed by atoms with Gasteiger partial charge >= 0.3 is 0 Å². The Balaban J connectivity index is 2.11. The average molecular weight is 262 g/mol. The predicted molar refractivity (Wildman–Crippen MR) is 72.8 cm³/mol. The molecule has 0 aliphatic heterocycles. The van der Waals surface area contributed by atoms with Crippen LogP contribution in [0.2, 0.25) is 5.02 Å². The first-order chi connectivity index (χ1) is 8.65. The van der Waals surface area contributed by atoms with E-state index in [4.69, 9.17) is 16.8 Å². The third-order valence-corrected chi connectivity index (χ3v) is 2.56. The molecule has 92 valence electrons. The molecule has 0 aliphatic carbocycles. The lowest BCUT2D eigenvalue weighted by Gasteiger charge is -2.21. The maximum atomic E-state index is 10.6. The molecule has 0 fully saturated rings. The number of aliphatic imine (C=N–C) groups is 1. The third kappa shape index (κ3) is 3.30. The summed E-state index contributed by atoms with van der Waals surface area (Å²) in [5, 5.41) is 19.8. The van der Waals surface area contributed by atoms with Crippen molar-refractivity contribution in [3.63, 3.8) is 0 Å². The summed E-state index contributed by atoms with van der Waals surface area (Å²) in [4.78, 5) is 4.24. The van der Waals surface area contributed by atoms with E-state index < -0.39 is 0 Å². The predicted octanol–water partition coefficient (Wildman–Crippen LogP) is 3.78. The Labute approximate surface area is 109 Å². The smallest absolute Gasteiger partial charge is 0.0631 e. The summed E-state index contributed by atoms with van der Waals surface area (Å²) in [7, 11) is 0. The average Bonchev–Trinajstić information content (AvgIpc) is 2.38. The van der Waals surface area contributed by atoms with Crippen LogP contribution in [-0.2, 0) is 0 Å². The van der Waals surface area contributed by atoms with Crippen LogP contribution in [0.25, 0.3) is 0 Å². The second-order valence-corrected chi connectivity index (χ2v) is 4.04. The number of benzene rings is 2. The Hall–Kier alpha value is -1.88. The molecule has 0 heterocycles. The minimum absolute atomic E-state index is 0.167. The fraction of sp³-hybridized carbons (Fsp3) is 0. The Bertz CT molecular complexity index is 536. The highest BCUT2D eigenvalue weighted by molar-refractivity contribution is 6.30. The van der Waals surface area contributed by atoms with Crippen LogP contribution >= 0.6 is 11.6 Å². The molecule has 5 heteroatoms. The summed E-state index contributed by atoms with van der Waals surface area (Å²) in [5.41, 5.74) is 1.78. The van der Waals surface area contributed by atoms with Crippen molar-refractivity contribution in [2.24, 2.45) is 4.99 Å². The molecule has 0 saturated carbocycles. The van der Waals surface area contributed by atoms with Crippen molar-refractivity contribution in [3.8, 4) is 0 Å². The van der Waals surface area contributed by atoms with Gasteiger partial charge in [-0.25, -0.2) is 0 Å². The number of anilines is 1. The van der Waals surface area contributed by atoms with E-state index in [2.05, 4.69) is 4.99 Å². The monoisotopic (exact) mass is 261 g/mol. The van der Waals surface area contributed by atoms with E-state index in [1.807, 2.05) is 12.1 Å². The number of nitrogens with zero attached hydrogens (tertiary/aromatic N) is 2. The Morgan fingerprint density at radius 3 is 2.22 bits per heavy atom. The van der Waals surface area contributed by atoms with Crippen LogP contribution < -0.4 is 5.23 Å². The van der Waals surface area contributed by atoms with Crippen LogP contribution in [0.1, 0.15) is 5.56 Å². The quantitative estimate of drug-likeness (QED) is 0.676. The first-order valence-corrected chi connectivity index (χ1v) is 5.59. The zero-order valence-corrected chi connectivity index (χ0v) is 10.1. The SMILES string of the molecule is [O-]N(O)c1ccc(N=Cc2ccc(Cl)cc2)cc1. The van der Waals surface area contributed by atoms with Gasteiger partial charge in [0.2, 0.25) is 0 Å². The first-order valence-electron chi connectivity index (χ1n) is 5.21. The lowest BCUT2D eigenvalue weighted by Crippen LogP contribution is -2.05. The van der Waals surface area contributed by atoms with E-state index in [0.29, 0.717) is 10.7 Å². The standard InChI is InChI=1S/C13H10ClN2O2/c14-11-3-1-10(2-4-11)9-15-12-5-7-13(8-6-12)16(17)18/h1-9,17H/q-1. The summed E-state index contributed by atoms with van der Waals surface area (Å²) < 4.78 is 0. The van der Waals surface area contributed by atoms with Crippen LogP contribution in [-0.4, -0.2) is 11.4 Å². The van der Waals surface area contributed by atoms with Gasteiger partial charge in [-0.3, -0.25) is 10.2 Å². The van der Waals surface area contributed by atoms with Crippen LogP contribution in [0.3, 0.4) is 0 Å². The summed E-state index contributed by atoms with van der Waals surface area (Å²) in [6.45, 7) is 0. The molecule has 0 unspecified atom stereocenters.